The fraction of sp³-hybridized carbons (Fsp3) is 0.600. The van der Waals surface area contributed by atoms with Crippen molar-refractivity contribution in [2.75, 3.05) is 19.6 Å². The van der Waals surface area contributed by atoms with E-state index in [2.05, 4.69) is 14.9 Å². The summed E-state index contributed by atoms with van der Waals surface area (Å²) in [6, 6.07) is 5.19. The molecular formula is C25H33N5O2. The van der Waals surface area contributed by atoms with E-state index in [-0.39, 0.29) is 17.5 Å². The molecule has 1 N–H and O–H groups in total. The maximum atomic E-state index is 13.1. The topological polar surface area (TPSA) is 82.2 Å². The average Bonchev–Trinajstić information content (AvgIpc) is 2.85. The van der Waals surface area contributed by atoms with Crippen LogP contribution in [0.15, 0.2) is 29.2 Å². The van der Waals surface area contributed by atoms with Gasteiger partial charge in [0.2, 0.25) is 0 Å². The molecule has 32 heavy (non-hydrogen) atoms. The number of likely N-dealkylation sites (tertiary alicyclic amines) is 1. The summed E-state index contributed by atoms with van der Waals surface area (Å²) in [7, 11) is 0. The van der Waals surface area contributed by atoms with Gasteiger partial charge in [0.05, 0.1) is 17.3 Å². The van der Waals surface area contributed by atoms with Gasteiger partial charge >= 0.3 is 0 Å². The molecule has 0 spiro atoms. The van der Waals surface area contributed by atoms with Gasteiger partial charge in [-0.3, -0.25) is 19.5 Å². The van der Waals surface area contributed by atoms with Gasteiger partial charge in [0.25, 0.3) is 11.5 Å². The molecule has 1 amide bonds. The molecule has 2 aromatic heterocycles. The minimum Gasteiger partial charge on any atom is -0.327 e. The number of aromatic nitrogens is 3. The van der Waals surface area contributed by atoms with Crippen molar-refractivity contribution >= 4 is 5.91 Å². The van der Waals surface area contributed by atoms with Crippen LogP contribution in [0.1, 0.15) is 85.0 Å². The number of carbonyl (C=O) groups excluding carboxylic acids is 1. The summed E-state index contributed by atoms with van der Waals surface area (Å²) in [5.74, 6) is 1.32. The highest BCUT2D eigenvalue weighted by atomic mass is 16.2. The van der Waals surface area contributed by atoms with Crippen LogP contribution in [-0.2, 0) is 13.0 Å². The molecule has 0 unspecified atom stereocenters. The van der Waals surface area contributed by atoms with Crippen molar-refractivity contribution in [2.45, 2.75) is 70.4 Å². The number of pyridine rings is 1. The molecule has 7 heteroatoms. The molecule has 1 saturated heterocycles. The molecular weight excluding hydrogens is 402 g/mol. The number of rotatable bonds is 4. The molecule has 3 aliphatic rings. The lowest BCUT2D eigenvalue weighted by Crippen LogP contribution is -2.42. The minimum absolute atomic E-state index is 0.0332. The number of aromatic amines is 1. The Bertz CT molecular complexity index is 999. The summed E-state index contributed by atoms with van der Waals surface area (Å²) in [6.45, 7) is 3.40. The number of amides is 1. The first-order valence-electron chi connectivity index (χ1n) is 12.3. The van der Waals surface area contributed by atoms with Gasteiger partial charge in [0.1, 0.15) is 11.5 Å². The Morgan fingerprint density at radius 1 is 1.06 bits per heavy atom. The van der Waals surface area contributed by atoms with Gasteiger partial charge < -0.3 is 9.88 Å². The van der Waals surface area contributed by atoms with Crippen LogP contribution in [0.2, 0.25) is 0 Å². The van der Waals surface area contributed by atoms with Gasteiger partial charge in [-0.2, -0.15) is 0 Å². The Kier molecular flexibility index (Phi) is 6.35. The van der Waals surface area contributed by atoms with E-state index in [0.29, 0.717) is 24.6 Å². The lowest BCUT2D eigenvalue weighted by molar-refractivity contribution is 0.0592. The molecule has 0 radical (unpaired) electrons. The summed E-state index contributed by atoms with van der Waals surface area (Å²) in [5, 5.41) is 0. The second-order valence-corrected chi connectivity index (χ2v) is 9.59. The maximum absolute atomic E-state index is 13.1. The fourth-order valence-corrected chi connectivity index (χ4v) is 5.64. The zero-order valence-electron chi connectivity index (χ0n) is 18.8. The Morgan fingerprint density at radius 2 is 1.91 bits per heavy atom. The lowest BCUT2D eigenvalue weighted by Gasteiger charge is -2.36. The lowest BCUT2D eigenvalue weighted by atomic mass is 9.88. The van der Waals surface area contributed by atoms with Crippen LogP contribution < -0.4 is 5.56 Å². The van der Waals surface area contributed by atoms with Crippen molar-refractivity contribution in [1.82, 2.24) is 24.8 Å². The van der Waals surface area contributed by atoms with Crippen molar-refractivity contribution in [3.05, 3.63) is 57.5 Å². The van der Waals surface area contributed by atoms with Gasteiger partial charge in [0, 0.05) is 38.8 Å². The van der Waals surface area contributed by atoms with E-state index in [1.165, 1.54) is 32.1 Å². The molecule has 7 nitrogen and oxygen atoms in total. The molecule has 1 saturated carbocycles. The van der Waals surface area contributed by atoms with Gasteiger partial charge in [-0.15, -0.1) is 0 Å². The molecule has 2 aromatic rings. The number of nitrogens with zero attached hydrogens (tertiary/aromatic N) is 4. The molecule has 0 bridgehead atoms. The number of nitrogens with one attached hydrogen (secondary N) is 1. The SMILES string of the molecule is O=C(c1ccccn1)N1CCCC[C@@H]1c1nc2c(c(=O)[nH]1)CN(CC1CCCCC1)CC2. The second-order valence-electron chi connectivity index (χ2n) is 9.59. The summed E-state index contributed by atoms with van der Waals surface area (Å²) in [4.78, 5) is 42.7. The molecule has 2 aliphatic heterocycles. The normalized spacial score (nSPS) is 22.5. The predicted molar refractivity (Wildman–Crippen MR) is 122 cm³/mol. The summed E-state index contributed by atoms with van der Waals surface area (Å²) < 4.78 is 0. The van der Waals surface area contributed by atoms with E-state index < -0.39 is 0 Å². The number of H-pyrrole nitrogens is 1. The highest BCUT2D eigenvalue weighted by Gasteiger charge is 2.32. The summed E-state index contributed by atoms with van der Waals surface area (Å²) >= 11 is 0. The van der Waals surface area contributed by atoms with Crippen molar-refractivity contribution in [2.24, 2.45) is 5.92 Å². The number of hydrogen-bond acceptors (Lipinski definition) is 5. The largest absolute Gasteiger partial charge is 0.327 e. The van der Waals surface area contributed by atoms with Crippen LogP contribution in [-0.4, -0.2) is 50.3 Å². The third kappa shape index (κ3) is 4.49. The van der Waals surface area contributed by atoms with E-state index in [1.807, 2.05) is 17.0 Å². The van der Waals surface area contributed by atoms with Gasteiger partial charge in [-0.25, -0.2) is 4.98 Å². The maximum Gasteiger partial charge on any atom is 0.273 e. The van der Waals surface area contributed by atoms with Crippen LogP contribution in [0.4, 0.5) is 0 Å². The van der Waals surface area contributed by atoms with E-state index in [9.17, 15) is 9.59 Å². The third-order valence-electron chi connectivity index (χ3n) is 7.37. The first kappa shape index (κ1) is 21.3. The number of piperidine rings is 1. The van der Waals surface area contributed by atoms with E-state index >= 15 is 0 Å². The predicted octanol–water partition coefficient (Wildman–Crippen LogP) is 3.47. The smallest absolute Gasteiger partial charge is 0.273 e. The standard InChI is InChI=1S/C25H33N5O2/c31-24-19-17-29(16-18-8-2-1-3-9-18)15-12-20(19)27-23(28-24)22-11-5-7-14-30(22)25(32)21-10-4-6-13-26-21/h4,6,10,13,18,22H,1-3,5,7-9,11-12,14-17H2,(H,27,28,31)/t22-/m1/s1. The first-order chi connectivity index (χ1) is 15.7. The number of fused-ring (bicyclic) bond motifs is 1. The Hall–Kier alpha value is -2.54. The van der Waals surface area contributed by atoms with Crippen molar-refractivity contribution in [3.63, 3.8) is 0 Å². The Balaban J connectivity index is 1.35. The number of hydrogen-bond donors (Lipinski definition) is 1. The summed E-state index contributed by atoms with van der Waals surface area (Å²) in [6.07, 6.45) is 11.9. The minimum atomic E-state index is -0.198. The van der Waals surface area contributed by atoms with Crippen LogP contribution >= 0.6 is 0 Å². The van der Waals surface area contributed by atoms with E-state index in [4.69, 9.17) is 4.98 Å². The number of carbonyl (C=O) groups is 1. The summed E-state index contributed by atoms with van der Waals surface area (Å²) in [5.41, 5.74) is 2.14. The van der Waals surface area contributed by atoms with Crippen LogP contribution in [0, 0.1) is 5.92 Å². The quantitative estimate of drug-likeness (QED) is 0.795. The van der Waals surface area contributed by atoms with Crippen molar-refractivity contribution in [1.29, 1.82) is 0 Å². The van der Waals surface area contributed by atoms with Crippen LogP contribution in [0.25, 0.3) is 0 Å². The molecule has 170 valence electrons. The van der Waals surface area contributed by atoms with Crippen LogP contribution in [0.5, 0.6) is 0 Å². The Labute approximate surface area is 189 Å². The van der Waals surface area contributed by atoms with Gasteiger partial charge in [-0.1, -0.05) is 25.3 Å². The van der Waals surface area contributed by atoms with E-state index in [0.717, 1.165) is 55.9 Å². The van der Waals surface area contributed by atoms with Gasteiger partial charge in [0.15, 0.2) is 0 Å². The monoisotopic (exact) mass is 435 g/mol. The Morgan fingerprint density at radius 3 is 2.72 bits per heavy atom. The first-order valence-corrected chi connectivity index (χ1v) is 12.3. The second kappa shape index (κ2) is 9.53. The molecule has 1 aliphatic carbocycles. The molecule has 2 fully saturated rings. The zero-order chi connectivity index (χ0) is 21.9. The van der Waals surface area contributed by atoms with Crippen LogP contribution in [0.3, 0.4) is 0 Å². The van der Waals surface area contributed by atoms with E-state index in [1.54, 1.807) is 12.3 Å². The average molecular weight is 436 g/mol. The van der Waals surface area contributed by atoms with Crippen molar-refractivity contribution in [3.8, 4) is 0 Å². The fourth-order valence-electron chi connectivity index (χ4n) is 5.64. The van der Waals surface area contributed by atoms with Crippen molar-refractivity contribution < 1.29 is 4.79 Å². The molecule has 0 aromatic carbocycles. The molecule has 5 rings (SSSR count). The molecule has 4 heterocycles. The highest BCUT2D eigenvalue weighted by Crippen LogP contribution is 2.31. The highest BCUT2D eigenvalue weighted by molar-refractivity contribution is 5.92. The molecule has 1 atom stereocenters. The third-order valence-corrected chi connectivity index (χ3v) is 7.37. The van der Waals surface area contributed by atoms with Gasteiger partial charge in [-0.05, 0) is 50.2 Å². The zero-order valence-corrected chi connectivity index (χ0v) is 18.8.